The zero-order valence-electron chi connectivity index (χ0n) is 14.5. The van der Waals surface area contributed by atoms with Crippen LogP contribution in [0.15, 0.2) is 47.5 Å². The molecule has 0 saturated heterocycles. The lowest BCUT2D eigenvalue weighted by Crippen LogP contribution is -2.13. The van der Waals surface area contributed by atoms with Crippen LogP contribution in [0.25, 0.3) is 33.1 Å². The fourth-order valence-corrected chi connectivity index (χ4v) is 3.27. The number of rotatable bonds is 2. The normalized spacial score (nSPS) is 10.7. The summed E-state index contributed by atoms with van der Waals surface area (Å²) in [5, 5.41) is 1.55. The zero-order valence-corrected chi connectivity index (χ0v) is 15.2. The topological polar surface area (TPSA) is 61.5 Å². The second-order valence-corrected chi connectivity index (χ2v) is 5.90. The van der Waals surface area contributed by atoms with E-state index in [0.29, 0.717) is 11.4 Å². The number of nitrogens with one attached hydrogen (secondary N) is 2. The first-order chi connectivity index (χ1) is 12.2. The maximum atomic E-state index is 12.6. The number of aromatic amines is 2. The summed E-state index contributed by atoms with van der Waals surface area (Å²) < 4.78 is 0. The summed E-state index contributed by atoms with van der Waals surface area (Å²) in [5.74, 6) is 0. The summed E-state index contributed by atoms with van der Waals surface area (Å²) in [6.45, 7) is 5.98. The molecule has 0 atom stereocenters. The molecular formula is C20H20ClN3O. The summed E-state index contributed by atoms with van der Waals surface area (Å²) in [4.78, 5) is 23.2. The van der Waals surface area contributed by atoms with Gasteiger partial charge < -0.3 is 9.97 Å². The average molecular weight is 354 g/mol. The SMILES string of the molecule is CC.CCc1c(-c2cccnc2)c2[nH]c3ccc(Cl)cc3c2[nH]c1=O. The minimum absolute atomic E-state index is 0.0697. The number of benzene rings is 1. The molecule has 128 valence electrons. The van der Waals surface area contributed by atoms with Crippen molar-refractivity contribution in [3.8, 4) is 11.1 Å². The van der Waals surface area contributed by atoms with Gasteiger partial charge in [-0.05, 0) is 30.7 Å². The fourth-order valence-electron chi connectivity index (χ4n) is 3.10. The van der Waals surface area contributed by atoms with Gasteiger partial charge >= 0.3 is 0 Å². The van der Waals surface area contributed by atoms with E-state index in [1.54, 1.807) is 12.4 Å². The van der Waals surface area contributed by atoms with Crippen molar-refractivity contribution >= 4 is 33.5 Å². The maximum absolute atomic E-state index is 12.6. The Hall–Kier alpha value is -2.59. The molecule has 3 heterocycles. The lowest BCUT2D eigenvalue weighted by atomic mass is 9.99. The van der Waals surface area contributed by atoms with Gasteiger partial charge in [0.25, 0.3) is 5.56 Å². The van der Waals surface area contributed by atoms with Crippen molar-refractivity contribution in [2.24, 2.45) is 0 Å². The van der Waals surface area contributed by atoms with Gasteiger partial charge in [0, 0.05) is 45.0 Å². The highest BCUT2D eigenvalue weighted by atomic mass is 35.5. The van der Waals surface area contributed by atoms with E-state index < -0.39 is 0 Å². The number of nitrogens with zero attached hydrogens (tertiary/aromatic N) is 1. The third-order valence-electron chi connectivity index (χ3n) is 4.13. The minimum atomic E-state index is -0.0697. The molecule has 5 heteroatoms. The standard InChI is InChI=1S/C18H14ClN3O.C2H6/c1-2-12-15(10-4-3-7-20-9-10)17-16(22-18(12)23)13-8-11(19)5-6-14(13)21-17;1-2/h3-9,21H,2H2,1H3,(H,22,23);1-2H3. The molecule has 0 bridgehead atoms. The lowest BCUT2D eigenvalue weighted by molar-refractivity contribution is 1.08. The van der Waals surface area contributed by atoms with Crippen LogP contribution >= 0.6 is 11.6 Å². The van der Waals surface area contributed by atoms with Crippen molar-refractivity contribution in [3.63, 3.8) is 0 Å². The van der Waals surface area contributed by atoms with E-state index in [1.165, 1.54) is 0 Å². The molecule has 0 amide bonds. The van der Waals surface area contributed by atoms with E-state index in [1.807, 2.05) is 51.1 Å². The number of pyridine rings is 2. The Kier molecular flexibility index (Phi) is 4.91. The van der Waals surface area contributed by atoms with Crippen molar-refractivity contribution in [2.75, 3.05) is 0 Å². The Labute approximate surface area is 150 Å². The molecule has 25 heavy (non-hydrogen) atoms. The van der Waals surface area contributed by atoms with Crippen LogP contribution in [0.1, 0.15) is 26.3 Å². The van der Waals surface area contributed by atoms with Crippen LogP contribution in [0.3, 0.4) is 0 Å². The molecule has 2 N–H and O–H groups in total. The number of aromatic nitrogens is 3. The third-order valence-corrected chi connectivity index (χ3v) is 4.36. The molecule has 4 nitrogen and oxygen atoms in total. The molecule has 0 fully saturated rings. The van der Waals surface area contributed by atoms with E-state index >= 15 is 0 Å². The summed E-state index contributed by atoms with van der Waals surface area (Å²) in [7, 11) is 0. The first-order valence-corrected chi connectivity index (χ1v) is 8.83. The smallest absolute Gasteiger partial charge is 0.252 e. The summed E-state index contributed by atoms with van der Waals surface area (Å²) >= 11 is 6.12. The van der Waals surface area contributed by atoms with E-state index in [0.717, 1.165) is 38.6 Å². The molecule has 4 aromatic rings. The van der Waals surface area contributed by atoms with Crippen LogP contribution in [0.2, 0.25) is 5.02 Å². The van der Waals surface area contributed by atoms with Gasteiger partial charge in [-0.1, -0.05) is 38.4 Å². The van der Waals surface area contributed by atoms with Gasteiger partial charge in [0.2, 0.25) is 0 Å². The van der Waals surface area contributed by atoms with E-state index in [9.17, 15) is 4.79 Å². The van der Waals surface area contributed by atoms with Crippen molar-refractivity contribution in [1.82, 2.24) is 15.0 Å². The van der Waals surface area contributed by atoms with Crippen molar-refractivity contribution in [2.45, 2.75) is 27.2 Å². The van der Waals surface area contributed by atoms with Crippen LogP contribution in [-0.4, -0.2) is 15.0 Å². The van der Waals surface area contributed by atoms with E-state index in [-0.39, 0.29) is 5.56 Å². The quantitative estimate of drug-likeness (QED) is 0.512. The predicted molar refractivity (Wildman–Crippen MR) is 105 cm³/mol. The monoisotopic (exact) mass is 353 g/mol. The first-order valence-electron chi connectivity index (χ1n) is 8.45. The number of hydrogen-bond donors (Lipinski definition) is 2. The summed E-state index contributed by atoms with van der Waals surface area (Å²) in [6.07, 6.45) is 4.15. The highest BCUT2D eigenvalue weighted by molar-refractivity contribution is 6.31. The van der Waals surface area contributed by atoms with Gasteiger partial charge in [-0.2, -0.15) is 0 Å². The Balaban J connectivity index is 0.000000880. The summed E-state index contributed by atoms with van der Waals surface area (Å²) in [6, 6.07) is 9.47. The molecule has 3 aromatic heterocycles. The Morgan fingerprint density at radius 2 is 1.92 bits per heavy atom. The van der Waals surface area contributed by atoms with E-state index in [4.69, 9.17) is 11.6 Å². The highest BCUT2D eigenvalue weighted by Gasteiger charge is 2.17. The van der Waals surface area contributed by atoms with Crippen LogP contribution in [0.5, 0.6) is 0 Å². The Morgan fingerprint density at radius 1 is 1.12 bits per heavy atom. The number of fused-ring (bicyclic) bond motifs is 3. The average Bonchev–Trinajstić information content (AvgIpc) is 3.00. The summed E-state index contributed by atoms with van der Waals surface area (Å²) in [5.41, 5.74) is 5.15. The number of halogens is 1. The van der Waals surface area contributed by atoms with Crippen LogP contribution in [0.4, 0.5) is 0 Å². The fraction of sp³-hybridized carbons (Fsp3) is 0.200. The van der Waals surface area contributed by atoms with Crippen molar-refractivity contribution in [3.05, 3.63) is 63.7 Å². The Bertz CT molecular complexity index is 1080. The lowest BCUT2D eigenvalue weighted by Gasteiger charge is -2.08. The second kappa shape index (κ2) is 7.11. The van der Waals surface area contributed by atoms with Gasteiger partial charge in [0.05, 0.1) is 11.0 Å². The molecule has 0 aliphatic heterocycles. The van der Waals surface area contributed by atoms with Gasteiger partial charge in [-0.3, -0.25) is 9.78 Å². The number of hydrogen-bond acceptors (Lipinski definition) is 2. The van der Waals surface area contributed by atoms with Gasteiger partial charge in [-0.25, -0.2) is 0 Å². The zero-order chi connectivity index (χ0) is 18.0. The minimum Gasteiger partial charge on any atom is -0.353 e. The molecular weight excluding hydrogens is 334 g/mol. The largest absolute Gasteiger partial charge is 0.353 e. The van der Waals surface area contributed by atoms with Crippen molar-refractivity contribution < 1.29 is 0 Å². The number of H-pyrrole nitrogens is 2. The van der Waals surface area contributed by atoms with E-state index in [2.05, 4.69) is 15.0 Å². The van der Waals surface area contributed by atoms with Crippen LogP contribution in [-0.2, 0) is 6.42 Å². The second-order valence-electron chi connectivity index (χ2n) is 5.47. The molecule has 1 aromatic carbocycles. The van der Waals surface area contributed by atoms with Gasteiger partial charge in [-0.15, -0.1) is 0 Å². The first kappa shape index (κ1) is 17.2. The van der Waals surface area contributed by atoms with Crippen LogP contribution in [0, 0.1) is 0 Å². The van der Waals surface area contributed by atoms with Gasteiger partial charge in [0.15, 0.2) is 0 Å². The maximum Gasteiger partial charge on any atom is 0.252 e. The highest BCUT2D eigenvalue weighted by Crippen LogP contribution is 2.33. The predicted octanol–water partition coefficient (Wildman–Crippen LogP) is 5.31. The molecule has 0 radical (unpaired) electrons. The molecule has 0 saturated carbocycles. The molecule has 0 aliphatic carbocycles. The van der Waals surface area contributed by atoms with Crippen molar-refractivity contribution in [1.29, 1.82) is 0 Å². The molecule has 0 spiro atoms. The molecule has 4 rings (SSSR count). The molecule has 0 aliphatic rings. The Morgan fingerprint density at radius 3 is 2.60 bits per heavy atom. The van der Waals surface area contributed by atoms with Gasteiger partial charge in [0.1, 0.15) is 0 Å². The third kappa shape index (κ3) is 2.94. The van der Waals surface area contributed by atoms with Crippen LogP contribution < -0.4 is 5.56 Å². The molecule has 0 unspecified atom stereocenters.